The Balaban J connectivity index is 2.15. The Bertz CT molecular complexity index is 417. The van der Waals surface area contributed by atoms with Gasteiger partial charge in [0.2, 0.25) is 0 Å². The van der Waals surface area contributed by atoms with Crippen LogP contribution in [-0.4, -0.2) is 31.0 Å². The van der Waals surface area contributed by atoms with Gasteiger partial charge in [0.25, 0.3) is 5.91 Å². The average Bonchev–Trinajstić information content (AvgIpc) is 2.62. The highest BCUT2D eigenvalue weighted by Crippen LogP contribution is 2.22. The number of para-hydroxylation sites is 1. The summed E-state index contributed by atoms with van der Waals surface area (Å²) in [4.78, 5) is 14.4. The van der Waals surface area contributed by atoms with E-state index in [-0.39, 0.29) is 5.91 Å². The summed E-state index contributed by atoms with van der Waals surface area (Å²) in [6, 6.07) is 7.46. The van der Waals surface area contributed by atoms with Gasteiger partial charge < -0.3 is 9.64 Å². The molecule has 1 amide bonds. The number of ether oxygens (including phenoxy) is 1. The van der Waals surface area contributed by atoms with E-state index in [0.717, 1.165) is 31.8 Å². The number of benzene rings is 1. The van der Waals surface area contributed by atoms with E-state index in [1.54, 1.807) is 7.11 Å². The second kappa shape index (κ2) is 5.89. The third kappa shape index (κ3) is 2.84. The van der Waals surface area contributed by atoms with Crippen molar-refractivity contribution in [2.75, 3.05) is 20.2 Å². The molecule has 1 heterocycles. The minimum Gasteiger partial charge on any atom is -0.496 e. The number of rotatable bonds is 2. The lowest BCUT2D eigenvalue weighted by atomic mass is 10.0. The second-order valence-electron chi connectivity index (χ2n) is 5.03. The number of hydrogen-bond donors (Lipinski definition) is 0. The highest BCUT2D eigenvalue weighted by molar-refractivity contribution is 5.96. The molecule has 0 aliphatic carbocycles. The molecule has 1 saturated heterocycles. The largest absolute Gasteiger partial charge is 0.496 e. The van der Waals surface area contributed by atoms with Gasteiger partial charge in [-0.05, 0) is 37.3 Å². The maximum absolute atomic E-state index is 12.5. The molecule has 1 aliphatic heterocycles. The molecular weight excluding hydrogens is 226 g/mol. The van der Waals surface area contributed by atoms with Crippen LogP contribution in [0.3, 0.4) is 0 Å². The van der Waals surface area contributed by atoms with E-state index in [4.69, 9.17) is 4.74 Å². The van der Waals surface area contributed by atoms with Crippen LogP contribution in [0.4, 0.5) is 0 Å². The molecule has 18 heavy (non-hydrogen) atoms. The van der Waals surface area contributed by atoms with Crippen LogP contribution in [-0.2, 0) is 0 Å². The quantitative estimate of drug-likeness (QED) is 0.804. The molecule has 1 atom stereocenters. The summed E-state index contributed by atoms with van der Waals surface area (Å²) in [6.45, 7) is 3.98. The lowest BCUT2D eigenvalue weighted by Gasteiger charge is -2.21. The van der Waals surface area contributed by atoms with Crippen LogP contribution in [0.2, 0.25) is 0 Å². The van der Waals surface area contributed by atoms with E-state index in [1.807, 2.05) is 29.2 Å². The van der Waals surface area contributed by atoms with Gasteiger partial charge in [-0.1, -0.05) is 19.1 Å². The summed E-state index contributed by atoms with van der Waals surface area (Å²) < 4.78 is 5.26. The molecule has 1 aromatic rings. The fourth-order valence-corrected chi connectivity index (χ4v) is 2.46. The van der Waals surface area contributed by atoms with E-state index in [2.05, 4.69) is 6.92 Å². The van der Waals surface area contributed by atoms with Gasteiger partial charge in [-0.15, -0.1) is 0 Å². The first-order valence-corrected chi connectivity index (χ1v) is 6.64. The molecule has 0 radical (unpaired) electrons. The molecular formula is C15H21NO2. The zero-order valence-corrected chi connectivity index (χ0v) is 11.2. The number of methoxy groups -OCH3 is 1. The van der Waals surface area contributed by atoms with Gasteiger partial charge in [0.1, 0.15) is 5.75 Å². The van der Waals surface area contributed by atoms with Gasteiger partial charge in [0.05, 0.1) is 12.7 Å². The molecule has 0 spiro atoms. The van der Waals surface area contributed by atoms with E-state index < -0.39 is 0 Å². The molecule has 0 bridgehead atoms. The molecule has 2 rings (SSSR count). The van der Waals surface area contributed by atoms with Gasteiger partial charge >= 0.3 is 0 Å². The van der Waals surface area contributed by atoms with Crippen LogP contribution >= 0.6 is 0 Å². The maximum Gasteiger partial charge on any atom is 0.257 e. The summed E-state index contributed by atoms with van der Waals surface area (Å²) in [5, 5.41) is 0. The number of carbonyl (C=O) groups excluding carboxylic acids is 1. The van der Waals surface area contributed by atoms with E-state index in [1.165, 1.54) is 6.42 Å². The van der Waals surface area contributed by atoms with Gasteiger partial charge in [-0.3, -0.25) is 4.79 Å². The summed E-state index contributed by atoms with van der Waals surface area (Å²) in [5.41, 5.74) is 0.676. The Hall–Kier alpha value is -1.51. The average molecular weight is 247 g/mol. The third-order valence-electron chi connectivity index (χ3n) is 3.64. The van der Waals surface area contributed by atoms with E-state index in [9.17, 15) is 4.79 Å². The second-order valence-corrected chi connectivity index (χ2v) is 5.03. The topological polar surface area (TPSA) is 29.5 Å². The Morgan fingerprint density at radius 3 is 2.83 bits per heavy atom. The molecule has 98 valence electrons. The SMILES string of the molecule is COc1ccccc1C(=O)N1CCCC(C)CC1. The summed E-state index contributed by atoms with van der Waals surface area (Å²) >= 11 is 0. The molecule has 0 N–H and O–H groups in total. The first kappa shape index (κ1) is 12.9. The first-order valence-electron chi connectivity index (χ1n) is 6.64. The van der Waals surface area contributed by atoms with E-state index >= 15 is 0 Å². The van der Waals surface area contributed by atoms with Crippen molar-refractivity contribution in [3.05, 3.63) is 29.8 Å². The molecule has 0 aromatic heterocycles. The monoisotopic (exact) mass is 247 g/mol. The van der Waals surface area contributed by atoms with Crippen LogP contribution in [0.15, 0.2) is 24.3 Å². The van der Waals surface area contributed by atoms with Crippen molar-refractivity contribution in [3.8, 4) is 5.75 Å². The Labute approximate surface area is 109 Å². The normalized spacial score (nSPS) is 20.3. The highest BCUT2D eigenvalue weighted by Gasteiger charge is 2.21. The van der Waals surface area contributed by atoms with Crippen molar-refractivity contribution in [2.24, 2.45) is 5.92 Å². The van der Waals surface area contributed by atoms with Crippen LogP contribution in [0, 0.1) is 5.92 Å². The Morgan fingerprint density at radius 2 is 2.06 bits per heavy atom. The molecule has 1 aliphatic rings. The molecule has 1 unspecified atom stereocenters. The van der Waals surface area contributed by atoms with Gasteiger partial charge in [-0.2, -0.15) is 0 Å². The lowest BCUT2D eigenvalue weighted by Crippen LogP contribution is -2.32. The van der Waals surface area contributed by atoms with Crippen molar-refractivity contribution in [1.82, 2.24) is 4.90 Å². The van der Waals surface area contributed by atoms with Crippen molar-refractivity contribution in [2.45, 2.75) is 26.2 Å². The smallest absolute Gasteiger partial charge is 0.257 e. The van der Waals surface area contributed by atoms with Gasteiger partial charge in [-0.25, -0.2) is 0 Å². The summed E-state index contributed by atoms with van der Waals surface area (Å²) in [5.74, 6) is 1.49. The standard InChI is InChI=1S/C15H21NO2/c1-12-6-5-10-16(11-9-12)15(17)13-7-3-4-8-14(13)18-2/h3-4,7-8,12H,5-6,9-11H2,1-2H3. The minimum atomic E-state index is 0.0987. The number of nitrogens with zero attached hydrogens (tertiary/aromatic N) is 1. The number of likely N-dealkylation sites (tertiary alicyclic amines) is 1. The van der Waals surface area contributed by atoms with Gasteiger partial charge in [0.15, 0.2) is 0 Å². The van der Waals surface area contributed by atoms with Crippen molar-refractivity contribution >= 4 is 5.91 Å². The van der Waals surface area contributed by atoms with Crippen LogP contribution in [0.25, 0.3) is 0 Å². The van der Waals surface area contributed by atoms with Crippen LogP contribution in [0.1, 0.15) is 36.5 Å². The van der Waals surface area contributed by atoms with Gasteiger partial charge in [0, 0.05) is 13.1 Å². The number of hydrogen-bond acceptors (Lipinski definition) is 2. The molecule has 3 nitrogen and oxygen atoms in total. The fourth-order valence-electron chi connectivity index (χ4n) is 2.46. The zero-order chi connectivity index (χ0) is 13.0. The zero-order valence-electron chi connectivity index (χ0n) is 11.2. The predicted octanol–water partition coefficient (Wildman–Crippen LogP) is 2.96. The number of amides is 1. The summed E-state index contributed by atoms with van der Waals surface area (Å²) in [7, 11) is 1.61. The number of carbonyl (C=O) groups is 1. The van der Waals surface area contributed by atoms with Crippen LogP contribution < -0.4 is 4.74 Å². The lowest BCUT2D eigenvalue weighted by molar-refractivity contribution is 0.0757. The highest BCUT2D eigenvalue weighted by atomic mass is 16.5. The Kier molecular flexibility index (Phi) is 4.24. The molecule has 0 saturated carbocycles. The third-order valence-corrected chi connectivity index (χ3v) is 3.64. The van der Waals surface area contributed by atoms with Crippen molar-refractivity contribution < 1.29 is 9.53 Å². The maximum atomic E-state index is 12.5. The predicted molar refractivity (Wildman–Crippen MR) is 71.9 cm³/mol. The molecule has 1 aromatic carbocycles. The molecule has 1 fully saturated rings. The first-order chi connectivity index (χ1) is 8.72. The minimum absolute atomic E-state index is 0.0987. The van der Waals surface area contributed by atoms with Crippen LogP contribution in [0.5, 0.6) is 5.75 Å². The summed E-state index contributed by atoms with van der Waals surface area (Å²) in [6.07, 6.45) is 3.42. The van der Waals surface area contributed by atoms with E-state index in [0.29, 0.717) is 11.3 Å². The van der Waals surface area contributed by atoms with Crippen molar-refractivity contribution in [1.29, 1.82) is 0 Å². The fraction of sp³-hybridized carbons (Fsp3) is 0.533. The van der Waals surface area contributed by atoms with Crippen molar-refractivity contribution in [3.63, 3.8) is 0 Å². The molecule has 3 heteroatoms. The Morgan fingerprint density at radius 1 is 1.28 bits per heavy atom.